The number of benzene rings is 1. The minimum absolute atomic E-state index is 0. The van der Waals surface area contributed by atoms with Gasteiger partial charge in [0.1, 0.15) is 0 Å². The molecular weight excluding hydrogens is 314 g/mol. The average molecular weight is 336 g/mol. The van der Waals surface area contributed by atoms with Crippen LogP contribution in [0.2, 0.25) is 0 Å². The average Bonchev–Trinajstić information content (AvgIpc) is 2.87. The number of nitrogens with zero attached hydrogens (tertiary/aromatic N) is 2. The van der Waals surface area contributed by atoms with E-state index in [0.29, 0.717) is 6.61 Å². The number of ether oxygens (including phenoxy) is 2. The maximum atomic E-state index is 5.90. The van der Waals surface area contributed by atoms with Gasteiger partial charge in [-0.2, -0.15) is 0 Å². The molecule has 0 amide bonds. The van der Waals surface area contributed by atoms with Crippen LogP contribution in [0, 0.1) is 0 Å². The molecule has 0 fully saturated rings. The fourth-order valence-corrected chi connectivity index (χ4v) is 2.58. The van der Waals surface area contributed by atoms with Crippen molar-refractivity contribution in [2.45, 2.75) is 6.42 Å². The molecule has 124 valence electrons. The highest BCUT2D eigenvalue weighted by Crippen LogP contribution is 2.35. The number of hydrogen-bond acceptors (Lipinski definition) is 4. The Hall–Kier alpha value is -1.98. The molecule has 0 saturated heterocycles. The third-order valence-electron chi connectivity index (χ3n) is 3.69. The van der Waals surface area contributed by atoms with Crippen LogP contribution in [0.4, 0.5) is 0 Å². The predicted octanol–water partition coefficient (Wildman–Crippen LogP) is 3.48. The molecule has 0 bridgehead atoms. The number of nitrogens with one attached hydrogen (secondary N) is 1. The van der Waals surface area contributed by atoms with Gasteiger partial charge in [0.05, 0.1) is 19.2 Å². The molecule has 6 heteroatoms. The number of rotatable bonds is 6. The number of aromatic amines is 1. The molecule has 3 aromatic rings. The summed E-state index contributed by atoms with van der Waals surface area (Å²) in [6, 6.07) is 5.99. The fourth-order valence-electron chi connectivity index (χ4n) is 2.58. The summed E-state index contributed by atoms with van der Waals surface area (Å²) in [5.41, 5.74) is 2.10. The van der Waals surface area contributed by atoms with E-state index in [-0.39, 0.29) is 12.4 Å². The second-order valence-corrected chi connectivity index (χ2v) is 5.60. The second-order valence-electron chi connectivity index (χ2n) is 5.60. The van der Waals surface area contributed by atoms with Crippen LogP contribution in [0.3, 0.4) is 0 Å². The van der Waals surface area contributed by atoms with Crippen molar-refractivity contribution >= 4 is 34.2 Å². The van der Waals surface area contributed by atoms with Gasteiger partial charge in [-0.05, 0) is 32.6 Å². The van der Waals surface area contributed by atoms with E-state index in [2.05, 4.69) is 29.0 Å². The fraction of sp³-hybridized carbons (Fsp3) is 0.353. The lowest BCUT2D eigenvalue weighted by Crippen LogP contribution is -2.15. The van der Waals surface area contributed by atoms with Gasteiger partial charge >= 0.3 is 0 Å². The number of fused-ring (bicyclic) bond motifs is 3. The Balaban J connectivity index is 0.00000192. The van der Waals surface area contributed by atoms with Gasteiger partial charge in [-0.15, -0.1) is 12.4 Å². The van der Waals surface area contributed by atoms with Gasteiger partial charge in [0, 0.05) is 41.3 Å². The smallest absolute Gasteiger partial charge is 0.163 e. The minimum Gasteiger partial charge on any atom is -0.493 e. The first kappa shape index (κ1) is 17.4. The summed E-state index contributed by atoms with van der Waals surface area (Å²) >= 11 is 0. The Morgan fingerprint density at radius 1 is 1.13 bits per heavy atom. The molecule has 3 rings (SSSR count). The maximum Gasteiger partial charge on any atom is 0.163 e. The number of H-pyrrole nitrogens is 1. The summed E-state index contributed by atoms with van der Waals surface area (Å²) in [4.78, 5) is 9.74. The molecule has 2 aromatic heterocycles. The zero-order chi connectivity index (χ0) is 15.5. The van der Waals surface area contributed by atoms with Crippen LogP contribution in [-0.4, -0.2) is 49.2 Å². The molecule has 0 atom stereocenters. The van der Waals surface area contributed by atoms with Gasteiger partial charge < -0.3 is 19.4 Å². The van der Waals surface area contributed by atoms with Crippen molar-refractivity contribution in [3.8, 4) is 11.5 Å². The van der Waals surface area contributed by atoms with Crippen LogP contribution in [0.25, 0.3) is 21.8 Å². The lowest BCUT2D eigenvalue weighted by atomic mass is 10.2. The minimum atomic E-state index is 0. The predicted molar refractivity (Wildman–Crippen MR) is 96.1 cm³/mol. The monoisotopic (exact) mass is 335 g/mol. The number of pyridine rings is 1. The Morgan fingerprint density at radius 2 is 1.96 bits per heavy atom. The number of hydrogen-bond donors (Lipinski definition) is 1. The van der Waals surface area contributed by atoms with Crippen LogP contribution >= 0.6 is 12.4 Å². The first-order valence-electron chi connectivity index (χ1n) is 7.40. The van der Waals surface area contributed by atoms with Crippen molar-refractivity contribution in [3.05, 3.63) is 30.6 Å². The molecule has 5 nitrogen and oxygen atoms in total. The third-order valence-corrected chi connectivity index (χ3v) is 3.69. The van der Waals surface area contributed by atoms with Crippen LogP contribution in [-0.2, 0) is 0 Å². The topological polar surface area (TPSA) is 50.4 Å². The molecule has 0 radical (unpaired) electrons. The van der Waals surface area contributed by atoms with Crippen LogP contribution in [0.5, 0.6) is 11.5 Å². The van der Waals surface area contributed by atoms with Gasteiger partial charge in [0.2, 0.25) is 0 Å². The quantitative estimate of drug-likeness (QED) is 0.701. The van der Waals surface area contributed by atoms with Crippen LogP contribution in [0.15, 0.2) is 30.6 Å². The highest BCUT2D eigenvalue weighted by atomic mass is 35.5. The summed E-state index contributed by atoms with van der Waals surface area (Å²) in [6.07, 6.45) is 4.63. The summed E-state index contributed by atoms with van der Waals surface area (Å²) in [5, 5.41) is 2.19. The summed E-state index contributed by atoms with van der Waals surface area (Å²) in [5.74, 6) is 1.52. The Labute approximate surface area is 142 Å². The van der Waals surface area contributed by atoms with Gasteiger partial charge in [-0.25, -0.2) is 0 Å². The van der Waals surface area contributed by atoms with Gasteiger partial charge in [0.15, 0.2) is 11.5 Å². The second kappa shape index (κ2) is 7.53. The van der Waals surface area contributed by atoms with Crippen molar-refractivity contribution in [1.82, 2.24) is 14.9 Å². The highest BCUT2D eigenvalue weighted by molar-refractivity contribution is 6.07. The molecule has 23 heavy (non-hydrogen) atoms. The Kier molecular flexibility index (Phi) is 5.69. The van der Waals surface area contributed by atoms with E-state index in [4.69, 9.17) is 9.47 Å². The van der Waals surface area contributed by atoms with E-state index in [9.17, 15) is 0 Å². The summed E-state index contributed by atoms with van der Waals surface area (Å²) in [6.45, 7) is 1.67. The molecule has 0 aliphatic carbocycles. The lowest BCUT2D eigenvalue weighted by Gasteiger charge is -2.13. The van der Waals surface area contributed by atoms with E-state index in [1.807, 2.05) is 24.4 Å². The maximum absolute atomic E-state index is 5.90. The van der Waals surface area contributed by atoms with Gasteiger partial charge in [-0.1, -0.05) is 0 Å². The Bertz CT molecular complexity index is 786. The molecule has 2 heterocycles. The van der Waals surface area contributed by atoms with Crippen molar-refractivity contribution in [2.24, 2.45) is 0 Å². The van der Waals surface area contributed by atoms with E-state index < -0.39 is 0 Å². The molecular formula is C17H22ClN3O2. The van der Waals surface area contributed by atoms with E-state index in [1.54, 1.807) is 13.3 Å². The summed E-state index contributed by atoms with van der Waals surface area (Å²) in [7, 11) is 5.79. The van der Waals surface area contributed by atoms with E-state index >= 15 is 0 Å². The highest BCUT2D eigenvalue weighted by Gasteiger charge is 2.11. The largest absolute Gasteiger partial charge is 0.493 e. The van der Waals surface area contributed by atoms with Crippen molar-refractivity contribution in [2.75, 3.05) is 34.4 Å². The zero-order valence-corrected chi connectivity index (χ0v) is 14.4. The van der Waals surface area contributed by atoms with Crippen molar-refractivity contribution in [1.29, 1.82) is 0 Å². The number of aromatic nitrogens is 2. The first-order valence-corrected chi connectivity index (χ1v) is 7.40. The first-order chi connectivity index (χ1) is 10.7. The zero-order valence-electron chi connectivity index (χ0n) is 13.6. The van der Waals surface area contributed by atoms with Crippen LogP contribution in [0.1, 0.15) is 6.42 Å². The molecule has 1 N–H and O–H groups in total. The normalized spacial score (nSPS) is 11.0. The van der Waals surface area contributed by atoms with Gasteiger partial charge in [-0.3, -0.25) is 4.98 Å². The summed E-state index contributed by atoms with van der Waals surface area (Å²) < 4.78 is 11.4. The molecule has 0 spiro atoms. The van der Waals surface area contributed by atoms with Gasteiger partial charge in [0.25, 0.3) is 0 Å². The number of halogens is 1. The number of methoxy groups -OCH3 is 1. The lowest BCUT2D eigenvalue weighted by molar-refractivity contribution is 0.268. The standard InChI is InChI=1S/C17H21N3O2.ClH/c1-20(2)7-4-8-22-17-10-15-12(9-16(17)21-3)13-11-18-6-5-14(13)19-15;/h5-6,9-11,19H,4,7-8H2,1-3H3;1H. The van der Waals surface area contributed by atoms with Crippen LogP contribution < -0.4 is 9.47 Å². The molecule has 0 aliphatic heterocycles. The van der Waals surface area contributed by atoms with Crippen molar-refractivity contribution in [3.63, 3.8) is 0 Å². The molecule has 0 saturated carbocycles. The SMILES string of the molecule is COc1cc2c(cc1OCCCN(C)C)[nH]c1ccncc12.Cl. The molecule has 0 aliphatic rings. The van der Waals surface area contributed by atoms with E-state index in [0.717, 1.165) is 46.3 Å². The third kappa shape index (κ3) is 3.68. The van der Waals surface area contributed by atoms with E-state index in [1.165, 1.54) is 0 Å². The molecule has 0 unspecified atom stereocenters. The molecule has 1 aromatic carbocycles. The van der Waals surface area contributed by atoms with Crippen molar-refractivity contribution < 1.29 is 9.47 Å². The Morgan fingerprint density at radius 3 is 2.70 bits per heavy atom.